The van der Waals surface area contributed by atoms with Crippen molar-refractivity contribution in [1.82, 2.24) is 19.9 Å². The Bertz CT molecular complexity index is 792. The number of nitrogens with zero attached hydrogens (tertiary/aromatic N) is 4. The second-order valence-corrected chi connectivity index (χ2v) is 6.51. The minimum atomic E-state index is -0.857. The standard InChI is InChI=1S/C18H21FN4O3/c19-14-5-3-4-13(10-14)11-22-12-16(20-21-22)18(26)23-9-2-1-6-15(23)7-8-17(24)25/h3-5,10,12,15H,1-2,6-9,11H2,(H,24,25)/t15-/m0/s1. The van der Waals surface area contributed by atoms with Crippen molar-refractivity contribution in [1.29, 1.82) is 0 Å². The van der Waals surface area contributed by atoms with Crippen LogP contribution in [0.2, 0.25) is 0 Å². The van der Waals surface area contributed by atoms with Gasteiger partial charge in [0.1, 0.15) is 5.82 Å². The van der Waals surface area contributed by atoms with E-state index in [2.05, 4.69) is 10.3 Å². The predicted octanol–water partition coefficient (Wildman–Crippen LogP) is 2.33. The fraction of sp³-hybridized carbons (Fsp3) is 0.444. The topological polar surface area (TPSA) is 88.3 Å². The van der Waals surface area contributed by atoms with Gasteiger partial charge in [-0.05, 0) is 43.4 Å². The van der Waals surface area contributed by atoms with Crippen LogP contribution in [0.1, 0.15) is 48.2 Å². The molecule has 0 saturated carbocycles. The zero-order valence-electron chi connectivity index (χ0n) is 14.3. The third-order valence-corrected chi connectivity index (χ3v) is 4.57. The number of piperidine rings is 1. The summed E-state index contributed by atoms with van der Waals surface area (Å²) >= 11 is 0. The lowest BCUT2D eigenvalue weighted by molar-refractivity contribution is -0.137. The molecule has 8 heteroatoms. The smallest absolute Gasteiger partial charge is 0.303 e. The van der Waals surface area contributed by atoms with Gasteiger partial charge in [0.2, 0.25) is 0 Å². The molecule has 0 bridgehead atoms. The first-order valence-electron chi connectivity index (χ1n) is 8.70. The Morgan fingerprint density at radius 3 is 2.92 bits per heavy atom. The summed E-state index contributed by atoms with van der Waals surface area (Å²) in [6.07, 6.45) is 4.72. The quantitative estimate of drug-likeness (QED) is 0.854. The van der Waals surface area contributed by atoms with Gasteiger partial charge in [0, 0.05) is 19.0 Å². The lowest BCUT2D eigenvalue weighted by Gasteiger charge is -2.35. The highest BCUT2D eigenvalue weighted by molar-refractivity contribution is 5.92. The van der Waals surface area contributed by atoms with Gasteiger partial charge in [-0.1, -0.05) is 17.3 Å². The van der Waals surface area contributed by atoms with Crippen molar-refractivity contribution in [2.45, 2.75) is 44.7 Å². The number of amides is 1. The lowest BCUT2D eigenvalue weighted by atomic mass is 9.97. The molecule has 26 heavy (non-hydrogen) atoms. The maximum absolute atomic E-state index is 13.3. The van der Waals surface area contributed by atoms with E-state index in [4.69, 9.17) is 5.11 Å². The third kappa shape index (κ3) is 4.44. The summed E-state index contributed by atoms with van der Waals surface area (Å²) in [5.41, 5.74) is 0.954. The van der Waals surface area contributed by atoms with E-state index in [0.717, 1.165) is 24.8 Å². The van der Waals surface area contributed by atoms with Crippen molar-refractivity contribution >= 4 is 11.9 Å². The summed E-state index contributed by atoms with van der Waals surface area (Å²) < 4.78 is 14.8. The Morgan fingerprint density at radius 2 is 2.15 bits per heavy atom. The number of aromatic nitrogens is 3. The highest BCUT2D eigenvalue weighted by Crippen LogP contribution is 2.22. The van der Waals surface area contributed by atoms with Crippen molar-refractivity contribution < 1.29 is 19.1 Å². The van der Waals surface area contributed by atoms with Gasteiger partial charge in [-0.15, -0.1) is 5.10 Å². The molecule has 1 aromatic heterocycles. The summed E-state index contributed by atoms with van der Waals surface area (Å²) in [5, 5.41) is 16.8. The number of carboxylic acids is 1. The van der Waals surface area contributed by atoms with Gasteiger partial charge in [-0.3, -0.25) is 9.59 Å². The zero-order valence-corrected chi connectivity index (χ0v) is 14.3. The number of aliphatic carboxylic acids is 1. The summed E-state index contributed by atoms with van der Waals surface area (Å²) in [5.74, 6) is -1.41. The number of hydrogen-bond donors (Lipinski definition) is 1. The molecule has 0 radical (unpaired) electrons. The number of carboxylic acid groups (broad SMARTS) is 1. The number of halogens is 1. The summed E-state index contributed by atoms with van der Waals surface area (Å²) in [7, 11) is 0. The minimum absolute atomic E-state index is 0.0424. The van der Waals surface area contributed by atoms with Crippen molar-refractivity contribution in [2.24, 2.45) is 0 Å². The molecule has 0 aliphatic carbocycles. The Kier molecular flexibility index (Phi) is 5.60. The maximum Gasteiger partial charge on any atom is 0.303 e. The highest BCUT2D eigenvalue weighted by atomic mass is 19.1. The third-order valence-electron chi connectivity index (χ3n) is 4.57. The van der Waals surface area contributed by atoms with Crippen LogP contribution in [0.5, 0.6) is 0 Å². The molecule has 2 heterocycles. The first kappa shape index (κ1) is 18.0. The van der Waals surface area contributed by atoms with Gasteiger partial charge in [0.25, 0.3) is 5.91 Å². The van der Waals surface area contributed by atoms with E-state index in [0.29, 0.717) is 19.5 Å². The summed E-state index contributed by atoms with van der Waals surface area (Å²) in [6.45, 7) is 0.917. The Morgan fingerprint density at radius 1 is 1.31 bits per heavy atom. The molecule has 0 spiro atoms. The molecule has 1 aromatic carbocycles. The van der Waals surface area contributed by atoms with Crippen molar-refractivity contribution in [3.63, 3.8) is 0 Å². The molecule has 1 saturated heterocycles. The van der Waals surface area contributed by atoms with Gasteiger partial charge in [0.15, 0.2) is 5.69 Å². The molecule has 2 aromatic rings. The molecular formula is C18H21FN4O3. The summed E-state index contributed by atoms with van der Waals surface area (Å²) in [4.78, 5) is 25.3. The molecule has 1 aliphatic heterocycles. The van der Waals surface area contributed by atoms with Crippen molar-refractivity contribution in [3.05, 3.63) is 47.5 Å². The first-order valence-corrected chi connectivity index (χ1v) is 8.70. The molecule has 7 nitrogen and oxygen atoms in total. The number of carbonyl (C=O) groups excluding carboxylic acids is 1. The van der Waals surface area contributed by atoms with E-state index in [1.54, 1.807) is 23.2 Å². The fourth-order valence-corrected chi connectivity index (χ4v) is 3.30. The van der Waals surface area contributed by atoms with Crippen LogP contribution in [-0.2, 0) is 11.3 Å². The fourth-order valence-electron chi connectivity index (χ4n) is 3.30. The van der Waals surface area contributed by atoms with Crippen LogP contribution in [0.3, 0.4) is 0 Å². The van der Waals surface area contributed by atoms with Gasteiger partial charge in [-0.2, -0.15) is 0 Å². The molecule has 0 unspecified atom stereocenters. The number of likely N-dealkylation sites (tertiary alicyclic amines) is 1. The Hall–Kier alpha value is -2.77. The predicted molar refractivity (Wildman–Crippen MR) is 91.1 cm³/mol. The number of carbonyl (C=O) groups is 2. The average Bonchev–Trinajstić information content (AvgIpc) is 3.08. The molecule has 1 atom stereocenters. The van der Waals surface area contributed by atoms with Gasteiger partial charge in [-0.25, -0.2) is 9.07 Å². The van der Waals surface area contributed by atoms with Crippen molar-refractivity contribution in [3.8, 4) is 0 Å². The summed E-state index contributed by atoms with van der Waals surface area (Å²) in [6, 6.07) is 6.09. The molecule has 1 aliphatic rings. The van der Waals surface area contributed by atoms with E-state index in [1.165, 1.54) is 16.8 Å². The highest BCUT2D eigenvalue weighted by Gasteiger charge is 2.29. The van der Waals surface area contributed by atoms with E-state index in [1.807, 2.05) is 0 Å². The number of benzene rings is 1. The molecule has 1 amide bonds. The zero-order chi connectivity index (χ0) is 18.5. The maximum atomic E-state index is 13.3. The normalized spacial score (nSPS) is 17.3. The van der Waals surface area contributed by atoms with Crippen LogP contribution >= 0.6 is 0 Å². The number of hydrogen-bond acceptors (Lipinski definition) is 4. The van der Waals surface area contributed by atoms with Gasteiger partial charge in [0.05, 0.1) is 12.7 Å². The lowest BCUT2D eigenvalue weighted by Crippen LogP contribution is -2.44. The van der Waals surface area contributed by atoms with Crippen LogP contribution in [0.15, 0.2) is 30.5 Å². The van der Waals surface area contributed by atoms with Crippen LogP contribution < -0.4 is 0 Å². The second kappa shape index (κ2) is 8.07. The molecular weight excluding hydrogens is 339 g/mol. The van der Waals surface area contributed by atoms with Gasteiger partial charge < -0.3 is 10.0 Å². The monoisotopic (exact) mass is 360 g/mol. The van der Waals surface area contributed by atoms with E-state index >= 15 is 0 Å². The van der Waals surface area contributed by atoms with Crippen LogP contribution in [0.4, 0.5) is 4.39 Å². The van der Waals surface area contributed by atoms with Crippen LogP contribution in [-0.4, -0.2) is 49.5 Å². The van der Waals surface area contributed by atoms with E-state index in [9.17, 15) is 14.0 Å². The van der Waals surface area contributed by atoms with E-state index in [-0.39, 0.29) is 29.9 Å². The number of rotatable bonds is 6. The molecule has 1 N–H and O–H groups in total. The molecule has 1 fully saturated rings. The SMILES string of the molecule is O=C(O)CC[C@@H]1CCCCN1C(=O)c1cn(Cc2cccc(F)c2)nn1. The van der Waals surface area contributed by atoms with Crippen LogP contribution in [0.25, 0.3) is 0 Å². The second-order valence-electron chi connectivity index (χ2n) is 6.51. The molecule has 138 valence electrons. The first-order chi connectivity index (χ1) is 12.5. The Balaban J connectivity index is 1.68. The largest absolute Gasteiger partial charge is 0.481 e. The van der Waals surface area contributed by atoms with Crippen molar-refractivity contribution in [2.75, 3.05) is 6.54 Å². The molecule has 3 rings (SSSR count). The van der Waals surface area contributed by atoms with Crippen LogP contribution in [0, 0.1) is 5.82 Å². The average molecular weight is 360 g/mol. The van der Waals surface area contributed by atoms with E-state index < -0.39 is 5.97 Å². The van der Waals surface area contributed by atoms with Gasteiger partial charge >= 0.3 is 5.97 Å². The Labute approximate surface area is 150 Å². The minimum Gasteiger partial charge on any atom is -0.481 e.